The summed E-state index contributed by atoms with van der Waals surface area (Å²) in [6, 6.07) is 11.2. The highest BCUT2D eigenvalue weighted by molar-refractivity contribution is 6.34. The summed E-state index contributed by atoms with van der Waals surface area (Å²) in [5.74, 6) is 1.30. The molecule has 0 unspecified atom stereocenters. The Bertz CT molecular complexity index is 837. The highest BCUT2D eigenvalue weighted by Crippen LogP contribution is 2.48. The van der Waals surface area contributed by atoms with Crippen LogP contribution in [0.4, 0.5) is 0 Å². The summed E-state index contributed by atoms with van der Waals surface area (Å²) in [5, 5.41) is 9.88. The Morgan fingerprint density at radius 3 is 2.35 bits per heavy atom. The van der Waals surface area contributed by atoms with Crippen LogP contribution in [0, 0.1) is 10.8 Å². The molecular formula is C21H21Cl2NO2. The minimum Gasteiger partial charge on any atom is -0.457 e. The van der Waals surface area contributed by atoms with Gasteiger partial charge in [0.05, 0.1) is 6.10 Å². The van der Waals surface area contributed by atoms with Crippen LogP contribution >= 0.6 is 23.2 Å². The number of halogens is 2. The van der Waals surface area contributed by atoms with E-state index in [9.17, 15) is 0 Å². The molecule has 2 aromatic rings. The fraction of sp³-hybridized carbons (Fsp3) is 0.381. The molecule has 26 heavy (non-hydrogen) atoms. The summed E-state index contributed by atoms with van der Waals surface area (Å²) >= 11 is 12.1. The third-order valence-electron chi connectivity index (χ3n) is 5.70. The summed E-state index contributed by atoms with van der Waals surface area (Å²) in [6.07, 6.45) is 5.36. The maximum atomic E-state index is 8.80. The molecule has 1 spiro atoms. The number of fused-ring (bicyclic) bond motifs is 1. The van der Waals surface area contributed by atoms with Crippen molar-refractivity contribution < 1.29 is 9.47 Å². The van der Waals surface area contributed by atoms with Crippen molar-refractivity contribution in [3.8, 4) is 11.5 Å². The zero-order chi connectivity index (χ0) is 18.3. The molecule has 1 N–H and O–H groups in total. The number of hydrogen-bond donors (Lipinski definition) is 1. The van der Waals surface area contributed by atoms with Crippen LogP contribution in [-0.4, -0.2) is 18.9 Å². The van der Waals surface area contributed by atoms with E-state index < -0.39 is 0 Å². The van der Waals surface area contributed by atoms with Gasteiger partial charge in [-0.15, -0.1) is 0 Å². The van der Waals surface area contributed by atoms with E-state index in [0.717, 1.165) is 43.4 Å². The smallest absolute Gasteiger partial charge is 0.130 e. The Morgan fingerprint density at radius 1 is 1.00 bits per heavy atom. The molecule has 0 bridgehead atoms. The van der Waals surface area contributed by atoms with Gasteiger partial charge in [-0.3, -0.25) is 0 Å². The molecule has 1 saturated carbocycles. The van der Waals surface area contributed by atoms with Gasteiger partial charge in [0.2, 0.25) is 0 Å². The molecule has 0 aliphatic heterocycles. The van der Waals surface area contributed by atoms with Gasteiger partial charge in [0.25, 0.3) is 0 Å². The summed E-state index contributed by atoms with van der Waals surface area (Å²) in [4.78, 5) is 0. The van der Waals surface area contributed by atoms with Crippen molar-refractivity contribution in [1.29, 1.82) is 5.41 Å². The van der Waals surface area contributed by atoms with Gasteiger partial charge in [0.15, 0.2) is 0 Å². The van der Waals surface area contributed by atoms with Gasteiger partial charge < -0.3 is 14.9 Å². The maximum absolute atomic E-state index is 8.80. The molecule has 3 nitrogen and oxygen atoms in total. The summed E-state index contributed by atoms with van der Waals surface area (Å²) in [5.41, 5.74) is 2.96. The van der Waals surface area contributed by atoms with E-state index in [2.05, 4.69) is 6.07 Å². The predicted molar refractivity (Wildman–Crippen MR) is 105 cm³/mol. The van der Waals surface area contributed by atoms with Crippen LogP contribution < -0.4 is 4.74 Å². The van der Waals surface area contributed by atoms with Crippen LogP contribution in [0.3, 0.4) is 0 Å². The van der Waals surface area contributed by atoms with Crippen LogP contribution in [0.1, 0.15) is 36.8 Å². The van der Waals surface area contributed by atoms with Gasteiger partial charge in [-0.1, -0.05) is 29.3 Å². The van der Waals surface area contributed by atoms with Crippen LogP contribution in [0.2, 0.25) is 10.0 Å². The lowest BCUT2D eigenvalue weighted by Crippen LogP contribution is -2.35. The van der Waals surface area contributed by atoms with E-state index >= 15 is 0 Å². The van der Waals surface area contributed by atoms with E-state index in [1.807, 2.05) is 12.1 Å². The minimum absolute atomic E-state index is 0.0324. The molecule has 5 heteroatoms. The largest absolute Gasteiger partial charge is 0.457 e. The fourth-order valence-corrected chi connectivity index (χ4v) is 4.78. The summed E-state index contributed by atoms with van der Waals surface area (Å²) in [7, 11) is 1.78. The first kappa shape index (κ1) is 17.8. The predicted octanol–water partition coefficient (Wildman–Crippen LogP) is 6.29. The van der Waals surface area contributed by atoms with Gasteiger partial charge in [0.1, 0.15) is 11.5 Å². The van der Waals surface area contributed by atoms with Crippen molar-refractivity contribution in [2.24, 2.45) is 5.41 Å². The van der Waals surface area contributed by atoms with Gasteiger partial charge >= 0.3 is 0 Å². The van der Waals surface area contributed by atoms with Crippen molar-refractivity contribution in [1.82, 2.24) is 0 Å². The minimum atomic E-state index is -0.0324. The van der Waals surface area contributed by atoms with Crippen molar-refractivity contribution in [2.75, 3.05) is 7.11 Å². The average molecular weight is 390 g/mol. The van der Waals surface area contributed by atoms with E-state index in [-0.39, 0.29) is 5.41 Å². The van der Waals surface area contributed by atoms with Gasteiger partial charge in [-0.05, 0) is 68.0 Å². The number of benzene rings is 2. The topological polar surface area (TPSA) is 42.3 Å². The highest BCUT2D eigenvalue weighted by atomic mass is 35.5. The van der Waals surface area contributed by atoms with Gasteiger partial charge in [-0.2, -0.15) is 0 Å². The van der Waals surface area contributed by atoms with Crippen molar-refractivity contribution in [2.45, 2.75) is 38.2 Å². The molecule has 2 aliphatic rings. The number of hydrogen-bond acceptors (Lipinski definition) is 3. The fourth-order valence-electron chi connectivity index (χ4n) is 4.27. The first-order valence-corrected chi connectivity index (χ1v) is 9.64. The van der Waals surface area contributed by atoms with Crippen molar-refractivity contribution in [3.05, 3.63) is 57.6 Å². The zero-order valence-electron chi connectivity index (χ0n) is 14.6. The summed E-state index contributed by atoms with van der Waals surface area (Å²) < 4.78 is 11.4. The molecule has 0 atom stereocenters. The Balaban J connectivity index is 1.57. The van der Waals surface area contributed by atoms with Gasteiger partial charge in [-0.25, -0.2) is 0 Å². The molecule has 0 heterocycles. The lowest BCUT2D eigenvalue weighted by Gasteiger charge is -2.36. The van der Waals surface area contributed by atoms with Gasteiger partial charge in [0, 0.05) is 33.8 Å². The molecule has 1 fully saturated rings. The number of ether oxygens (including phenoxy) is 2. The van der Waals surface area contributed by atoms with E-state index in [1.54, 1.807) is 25.3 Å². The standard InChI is InChI=1S/C21H21Cl2NO2/c1-25-16-4-6-21(7-5-16)12-13-2-3-17(11-19(13)20(21)24)26-18-9-14(22)8-15(23)10-18/h2-3,8-11,16,24H,4-7,12H2,1H3/t16-,21-. The van der Waals surface area contributed by atoms with E-state index in [4.69, 9.17) is 38.1 Å². The van der Waals surface area contributed by atoms with Crippen LogP contribution in [0.5, 0.6) is 11.5 Å². The van der Waals surface area contributed by atoms with E-state index in [0.29, 0.717) is 27.6 Å². The Morgan fingerprint density at radius 2 is 1.69 bits per heavy atom. The Hall–Kier alpha value is -1.55. The van der Waals surface area contributed by atoms with Crippen molar-refractivity contribution >= 4 is 28.9 Å². The molecule has 4 rings (SSSR count). The molecule has 0 amide bonds. The molecular weight excluding hydrogens is 369 g/mol. The number of nitrogens with one attached hydrogen (secondary N) is 1. The van der Waals surface area contributed by atoms with Crippen LogP contribution in [0.15, 0.2) is 36.4 Å². The normalized spacial score (nSPS) is 24.7. The number of rotatable bonds is 3. The first-order chi connectivity index (χ1) is 12.5. The van der Waals surface area contributed by atoms with E-state index in [1.165, 1.54) is 5.56 Å². The third-order valence-corrected chi connectivity index (χ3v) is 6.14. The lowest BCUT2D eigenvalue weighted by molar-refractivity contribution is 0.0467. The highest BCUT2D eigenvalue weighted by Gasteiger charge is 2.44. The Labute approximate surface area is 163 Å². The Kier molecular flexibility index (Phi) is 4.72. The maximum Gasteiger partial charge on any atom is 0.130 e. The molecule has 136 valence electrons. The SMILES string of the molecule is CO[C@H]1CC[C@]2(CC1)Cc1ccc(Oc3cc(Cl)cc(Cl)c3)cc1C2=N. The van der Waals surface area contributed by atoms with Crippen molar-refractivity contribution in [3.63, 3.8) is 0 Å². The van der Waals surface area contributed by atoms with Crippen LogP contribution in [0.25, 0.3) is 0 Å². The zero-order valence-corrected chi connectivity index (χ0v) is 16.2. The second-order valence-corrected chi connectivity index (χ2v) is 8.17. The molecule has 2 aliphatic carbocycles. The lowest BCUT2D eigenvalue weighted by atomic mass is 9.70. The third kappa shape index (κ3) is 3.24. The quantitative estimate of drug-likeness (QED) is 0.670. The molecule has 0 saturated heterocycles. The molecule has 0 aromatic heterocycles. The monoisotopic (exact) mass is 389 g/mol. The second-order valence-electron chi connectivity index (χ2n) is 7.29. The average Bonchev–Trinajstić information content (AvgIpc) is 2.87. The number of methoxy groups -OCH3 is 1. The molecule has 0 radical (unpaired) electrons. The first-order valence-electron chi connectivity index (χ1n) is 8.88. The van der Waals surface area contributed by atoms with Crippen LogP contribution in [-0.2, 0) is 11.2 Å². The summed E-state index contributed by atoms with van der Waals surface area (Å²) in [6.45, 7) is 0. The molecule has 2 aromatic carbocycles. The second kappa shape index (κ2) is 6.88.